The third kappa shape index (κ3) is 28.2. The van der Waals surface area contributed by atoms with Crippen molar-refractivity contribution >= 4 is 39.3 Å². The summed E-state index contributed by atoms with van der Waals surface area (Å²) >= 11 is 0. The Balaban J connectivity index is 0.000000173. The van der Waals surface area contributed by atoms with Crippen LogP contribution in [0.2, 0.25) is 0 Å². The van der Waals surface area contributed by atoms with Crippen LogP contribution in [0.1, 0.15) is 302 Å². The molecule has 0 radical (unpaired) electrons. The van der Waals surface area contributed by atoms with E-state index < -0.39 is 39.3 Å². The first kappa shape index (κ1) is 92.2. The van der Waals surface area contributed by atoms with Crippen molar-refractivity contribution in [3.05, 3.63) is 128 Å². The molecule has 5 aromatic rings. The number of benzene rings is 4. The van der Waals surface area contributed by atoms with Gasteiger partial charge >= 0.3 is 0 Å². The zero-order valence-corrected chi connectivity index (χ0v) is 76.0. The Morgan fingerprint density at radius 2 is 0.655 bits per heavy atom. The minimum atomic E-state index is -2.92. The molecular formula is C96H149NO12S4. The van der Waals surface area contributed by atoms with Crippen LogP contribution in [0.25, 0.3) is 11.3 Å². The summed E-state index contributed by atoms with van der Waals surface area (Å²) in [6.45, 7) is 33.7. The van der Waals surface area contributed by atoms with Gasteiger partial charge in [-0.3, -0.25) is 0 Å². The second-order valence-electron chi connectivity index (χ2n) is 37.6. The lowest BCUT2D eigenvalue weighted by Crippen LogP contribution is -2.26. The highest BCUT2D eigenvalue weighted by atomic mass is 32.2. The molecule has 7 fully saturated rings. The molecule has 7 aliphatic rings. The summed E-state index contributed by atoms with van der Waals surface area (Å²) in [7, 11) is -11.6. The molecule has 113 heavy (non-hydrogen) atoms. The van der Waals surface area contributed by atoms with E-state index in [9.17, 15) is 33.7 Å². The molecule has 7 aliphatic carbocycles. The highest BCUT2D eigenvalue weighted by Gasteiger charge is 2.33. The van der Waals surface area contributed by atoms with Gasteiger partial charge in [0.05, 0.1) is 69.5 Å². The Labute approximate surface area is 687 Å². The molecule has 0 saturated heterocycles. The fraction of sp³-hybridized carbons (Fsp3) is 0.719. The van der Waals surface area contributed by atoms with Crippen molar-refractivity contribution in [3.8, 4) is 28.6 Å². The second-order valence-corrected chi connectivity index (χ2v) is 48.0. The molecule has 4 aromatic carbocycles. The quantitative estimate of drug-likeness (QED) is 0.0386. The van der Waals surface area contributed by atoms with E-state index in [2.05, 4.69) is 109 Å². The van der Waals surface area contributed by atoms with Gasteiger partial charge in [-0.2, -0.15) is 0 Å². The molecule has 634 valence electrons. The number of oxazole rings is 1. The van der Waals surface area contributed by atoms with Crippen LogP contribution in [-0.4, -0.2) is 102 Å². The minimum absolute atomic E-state index is 0.243. The van der Waals surface area contributed by atoms with Gasteiger partial charge in [0.2, 0.25) is 0 Å². The monoisotopic (exact) mass is 1640 g/mol. The van der Waals surface area contributed by atoms with Gasteiger partial charge in [-0.05, 0) is 403 Å². The summed E-state index contributed by atoms with van der Waals surface area (Å²) in [5.41, 5.74) is 17.4. The van der Waals surface area contributed by atoms with Crippen molar-refractivity contribution in [2.45, 2.75) is 343 Å². The zero-order valence-electron chi connectivity index (χ0n) is 72.8. The van der Waals surface area contributed by atoms with Gasteiger partial charge in [-0.15, -0.1) is 0 Å². The molecule has 17 heteroatoms. The standard InChI is InChI=1S/C25H40O3S.2C24H38O3S.C23H33NO3S/c1-18(2)29(26,27)17-22-11-9-21(10-12-22)13-14-23-15-16-25(20(4)19(23)3)28-24-7-5-6-8-24;1-17(2)28(25,26)16-22-10-6-20(7-11-22)12-14-23-13-5-18(3)24(19(23)4)27-15-21-8-9-21;1-17(2)28(25,26)16-22-9-5-20(6-10-22)11-12-23-13-14-24(19(4)18(23)3)27-15-21-7-8-21;1-16(2)28(25,26)14-20-7-5-19(6-8-20)9-10-21-11-12-22(18(4)17(21)3)23-13-24-15-27-23/h15-16,18,21-22,24H,5-14,17H2,1-4H3;5,13,17,20-22H,6-12,14-16H2,1-4H3;13-14,17,20-22H,5-12,15-16H2,1-4H3;11-13,15-16,19-20H,5-10,14H2,1-4H3. The van der Waals surface area contributed by atoms with Gasteiger partial charge in [0.25, 0.3) is 0 Å². The molecule has 0 N–H and O–H groups in total. The van der Waals surface area contributed by atoms with Crippen molar-refractivity contribution in [3.63, 3.8) is 0 Å². The van der Waals surface area contributed by atoms with Gasteiger partial charge in [0.15, 0.2) is 51.5 Å². The van der Waals surface area contributed by atoms with E-state index in [0.717, 1.165) is 161 Å². The fourth-order valence-electron chi connectivity index (χ4n) is 18.1. The molecule has 0 bridgehead atoms. The van der Waals surface area contributed by atoms with Crippen LogP contribution in [0, 0.1) is 115 Å². The summed E-state index contributed by atoms with van der Waals surface area (Å²) in [6.07, 6.45) is 41.1. The Kier molecular flexibility index (Phi) is 34.9. The van der Waals surface area contributed by atoms with Crippen LogP contribution in [0.4, 0.5) is 0 Å². The summed E-state index contributed by atoms with van der Waals surface area (Å²) in [6, 6.07) is 17.7. The molecule has 0 aliphatic heterocycles. The van der Waals surface area contributed by atoms with Crippen LogP contribution in [0.15, 0.2) is 65.5 Å². The largest absolute Gasteiger partial charge is 0.493 e. The number of aryl methyl sites for hydroxylation is 5. The van der Waals surface area contributed by atoms with E-state index in [1.807, 2.05) is 0 Å². The van der Waals surface area contributed by atoms with Gasteiger partial charge in [0.1, 0.15) is 17.2 Å². The topological polar surface area (TPSA) is 190 Å². The van der Waals surface area contributed by atoms with Gasteiger partial charge in [-0.1, -0.05) is 87.8 Å². The molecule has 12 rings (SSSR count). The summed E-state index contributed by atoms with van der Waals surface area (Å²) < 4.78 is 121. The van der Waals surface area contributed by atoms with Crippen molar-refractivity contribution in [2.24, 2.45) is 59.2 Å². The van der Waals surface area contributed by atoms with E-state index in [1.54, 1.807) is 61.6 Å². The van der Waals surface area contributed by atoms with Gasteiger partial charge in [0, 0.05) is 5.56 Å². The third-order valence-electron chi connectivity index (χ3n) is 27.8. The first-order valence-corrected chi connectivity index (χ1v) is 51.5. The van der Waals surface area contributed by atoms with E-state index in [0.29, 0.717) is 58.7 Å². The first-order chi connectivity index (χ1) is 53.6. The van der Waals surface area contributed by atoms with Crippen LogP contribution in [0.5, 0.6) is 17.2 Å². The Morgan fingerprint density at radius 1 is 0.345 bits per heavy atom. The predicted molar refractivity (Wildman–Crippen MR) is 469 cm³/mol. The maximum atomic E-state index is 12.2. The molecule has 0 atom stereocenters. The lowest BCUT2D eigenvalue weighted by atomic mass is 9.80. The molecule has 0 unspecified atom stereocenters. The highest BCUT2D eigenvalue weighted by Crippen LogP contribution is 2.41. The third-order valence-corrected chi connectivity index (χ3v) is 37.3. The summed E-state index contributed by atoms with van der Waals surface area (Å²) in [5.74, 6) is 11.5. The number of sulfone groups is 4. The number of hydrogen-bond donors (Lipinski definition) is 0. The normalized spacial score (nSPS) is 22.7. The number of hydrogen-bond acceptors (Lipinski definition) is 13. The Hall–Kier alpha value is -4.71. The zero-order chi connectivity index (χ0) is 82.0. The van der Waals surface area contributed by atoms with Crippen LogP contribution < -0.4 is 14.2 Å². The highest BCUT2D eigenvalue weighted by molar-refractivity contribution is 7.92. The van der Waals surface area contributed by atoms with E-state index >= 15 is 0 Å². The Bertz CT molecular complexity index is 4250. The maximum absolute atomic E-state index is 12.2. The van der Waals surface area contributed by atoms with Gasteiger partial charge in [-0.25, -0.2) is 38.7 Å². The summed E-state index contributed by atoms with van der Waals surface area (Å²) in [5, 5.41) is -0.984. The number of rotatable bonds is 33. The van der Waals surface area contributed by atoms with E-state index in [4.69, 9.17) is 18.6 Å². The lowest BCUT2D eigenvalue weighted by molar-refractivity contribution is 0.208. The van der Waals surface area contributed by atoms with Crippen molar-refractivity contribution < 1.29 is 52.3 Å². The van der Waals surface area contributed by atoms with Crippen LogP contribution >= 0.6 is 0 Å². The van der Waals surface area contributed by atoms with E-state index in [1.165, 1.54) is 189 Å². The van der Waals surface area contributed by atoms with Crippen molar-refractivity contribution in [2.75, 3.05) is 36.2 Å². The average Bonchev–Trinajstić information content (AvgIpc) is 1.82. The molecule has 7 saturated carbocycles. The molecule has 0 spiro atoms. The number of ether oxygens (including phenoxy) is 3. The van der Waals surface area contributed by atoms with Crippen LogP contribution in [0.3, 0.4) is 0 Å². The molecular weight excluding hydrogens is 1490 g/mol. The average molecular weight is 1640 g/mol. The van der Waals surface area contributed by atoms with Crippen molar-refractivity contribution in [1.29, 1.82) is 0 Å². The predicted octanol–water partition coefficient (Wildman–Crippen LogP) is 23.0. The molecule has 1 aromatic heterocycles. The lowest BCUT2D eigenvalue weighted by Gasteiger charge is -2.29. The molecule has 0 amide bonds. The van der Waals surface area contributed by atoms with Gasteiger partial charge < -0.3 is 18.6 Å². The SMILES string of the molecule is Cc1c(CCC2CCC(CS(=O)(=O)C(C)C)CC2)ccc(-c2cnco2)c1C.Cc1c(CCC2CCC(CS(=O)(=O)C(C)C)CC2)ccc(OC2CCCC2)c1C.Cc1c(CCC2CCC(CS(=O)(=O)C(C)C)CC2)ccc(OCC2CC2)c1C.Cc1ccc(CCC2CCC(CS(=O)(=O)C(C)C)CC2)c(C)c1OCC1CC1. The van der Waals surface area contributed by atoms with Crippen LogP contribution in [-0.2, 0) is 65.0 Å². The summed E-state index contributed by atoms with van der Waals surface area (Å²) in [4.78, 5) is 4.02. The minimum Gasteiger partial charge on any atom is -0.493 e. The van der Waals surface area contributed by atoms with Crippen molar-refractivity contribution in [1.82, 2.24) is 4.98 Å². The first-order valence-electron chi connectivity index (χ1n) is 44.6. The molecule has 13 nitrogen and oxygen atoms in total. The Morgan fingerprint density at radius 3 is 1.01 bits per heavy atom. The second kappa shape index (κ2) is 42.8. The maximum Gasteiger partial charge on any atom is 0.181 e. The number of nitrogens with zero attached hydrogens (tertiary/aromatic N) is 1. The molecule has 1 heterocycles. The number of aromatic nitrogens is 1. The fourth-order valence-corrected chi connectivity index (χ4v) is 23.6. The van der Waals surface area contributed by atoms with E-state index in [-0.39, 0.29) is 21.0 Å². The smallest absolute Gasteiger partial charge is 0.181 e.